The molecule has 7 heteroatoms. The average molecular weight is 389 g/mol. The number of nitrogens with zero attached hydrogens (tertiary/aromatic N) is 3. The SMILES string of the molecule is COc1ccc(-c2cc(Nc3ncn(C)n3)c(Cl)c(C3CC3)c2)c(Cl)c1. The molecule has 1 fully saturated rings. The first kappa shape index (κ1) is 17.2. The van der Waals surface area contributed by atoms with Gasteiger partial charge in [-0.05, 0) is 60.2 Å². The Morgan fingerprint density at radius 2 is 2.00 bits per heavy atom. The van der Waals surface area contributed by atoms with Gasteiger partial charge >= 0.3 is 0 Å². The summed E-state index contributed by atoms with van der Waals surface area (Å²) in [6, 6.07) is 9.79. The normalized spacial score (nSPS) is 13.7. The van der Waals surface area contributed by atoms with E-state index in [9.17, 15) is 0 Å². The maximum atomic E-state index is 6.67. The monoisotopic (exact) mass is 388 g/mol. The standard InChI is InChI=1S/C19H18Cl2N4O/c1-25-10-22-19(24-25)23-17-8-12(7-15(18(17)21)11-3-4-11)14-6-5-13(26-2)9-16(14)20/h5-11H,3-4H2,1-2H3,(H,23,24). The first-order valence-corrected chi connectivity index (χ1v) is 9.10. The fourth-order valence-corrected chi connectivity index (χ4v) is 3.55. The molecule has 0 bridgehead atoms. The average Bonchev–Trinajstić information content (AvgIpc) is 3.39. The third-order valence-corrected chi connectivity index (χ3v) is 5.19. The largest absolute Gasteiger partial charge is 0.497 e. The highest BCUT2D eigenvalue weighted by atomic mass is 35.5. The molecule has 0 aliphatic heterocycles. The molecule has 1 saturated carbocycles. The van der Waals surface area contributed by atoms with Crippen LogP contribution in [0.4, 0.5) is 11.6 Å². The van der Waals surface area contributed by atoms with Crippen LogP contribution >= 0.6 is 23.2 Å². The molecule has 5 nitrogen and oxygen atoms in total. The Morgan fingerprint density at radius 3 is 2.62 bits per heavy atom. The van der Waals surface area contributed by atoms with Crippen molar-refractivity contribution in [3.8, 4) is 16.9 Å². The number of aryl methyl sites for hydroxylation is 1. The number of anilines is 2. The Hall–Kier alpha value is -2.24. The van der Waals surface area contributed by atoms with Crippen molar-refractivity contribution in [3.05, 3.63) is 52.3 Å². The number of hydrogen-bond donors (Lipinski definition) is 1. The lowest BCUT2D eigenvalue weighted by Crippen LogP contribution is -1.98. The molecule has 3 aromatic rings. The molecule has 0 unspecified atom stereocenters. The van der Waals surface area contributed by atoms with Crippen molar-refractivity contribution in [3.63, 3.8) is 0 Å². The molecular weight excluding hydrogens is 371 g/mol. The zero-order valence-corrected chi connectivity index (χ0v) is 16.0. The van der Waals surface area contributed by atoms with Crippen LogP contribution in [0.1, 0.15) is 24.3 Å². The molecular formula is C19H18Cl2N4O. The summed E-state index contributed by atoms with van der Waals surface area (Å²) in [5, 5.41) is 8.85. The zero-order chi connectivity index (χ0) is 18.3. The van der Waals surface area contributed by atoms with Crippen LogP contribution in [0.25, 0.3) is 11.1 Å². The van der Waals surface area contributed by atoms with E-state index in [0.717, 1.165) is 41.0 Å². The Kier molecular flexibility index (Phi) is 4.51. The van der Waals surface area contributed by atoms with Crippen LogP contribution in [0.5, 0.6) is 5.75 Å². The van der Waals surface area contributed by atoms with Gasteiger partial charge < -0.3 is 10.1 Å². The molecule has 0 amide bonds. The quantitative estimate of drug-likeness (QED) is 0.633. The summed E-state index contributed by atoms with van der Waals surface area (Å²) < 4.78 is 6.89. The van der Waals surface area contributed by atoms with Gasteiger partial charge in [-0.3, -0.25) is 4.68 Å². The van der Waals surface area contributed by atoms with Gasteiger partial charge in [0.05, 0.1) is 22.8 Å². The van der Waals surface area contributed by atoms with Gasteiger partial charge in [0.1, 0.15) is 12.1 Å². The second-order valence-corrected chi connectivity index (χ2v) is 7.20. The molecule has 4 rings (SSSR count). The van der Waals surface area contributed by atoms with E-state index in [4.69, 9.17) is 27.9 Å². The predicted molar refractivity (Wildman–Crippen MR) is 105 cm³/mol. The summed E-state index contributed by atoms with van der Waals surface area (Å²) in [5.41, 5.74) is 3.85. The fraction of sp³-hybridized carbons (Fsp3) is 0.263. The number of rotatable bonds is 5. The van der Waals surface area contributed by atoms with Gasteiger partial charge in [0.15, 0.2) is 0 Å². The van der Waals surface area contributed by atoms with Gasteiger partial charge in [-0.2, -0.15) is 0 Å². The predicted octanol–water partition coefficient (Wildman–Crippen LogP) is 5.42. The molecule has 0 spiro atoms. The van der Waals surface area contributed by atoms with Gasteiger partial charge in [-0.1, -0.05) is 23.2 Å². The van der Waals surface area contributed by atoms with Crippen molar-refractivity contribution >= 4 is 34.8 Å². The lowest BCUT2D eigenvalue weighted by atomic mass is 9.99. The van der Waals surface area contributed by atoms with Crippen LogP contribution in [-0.2, 0) is 7.05 Å². The van der Waals surface area contributed by atoms with Crippen molar-refractivity contribution in [1.29, 1.82) is 0 Å². The highest BCUT2D eigenvalue weighted by Crippen LogP contribution is 2.48. The summed E-state index contributed by atoms with van der Waals surface area (Å²) in [7, 11) is 3.45. The lowest BCUT2D eigenvalue weighted by Gasteiger charge is -2.14. The Labute approximate surface area is 161 Å². The smallest absolute Gasteiger partial charge is 0.246 e. The van der Waals surface area contributed by atoms with E-state index >= 15 is 0 Å². The highest BCUT2D eigenvalue weighted by Gasteiger charge is 2.28. The van der Waals surface area contributed by atoms with Crippen molar-refractivity contribution in [1.82, 2.24) is 14.8 Å². The molecule has 0 radical (unpaired) electrons. The maximum absolute atomic E-state index is 6.67. The number of methoxy groups -OCH3 is 1. The molecule has 0 saturated heterocycles. The van der Waals surface area contributed by atoms with Crippen molar-refractivity contribution in [2.24, 2.45) is 7.05 Å². The first-order valence-electron chi connectivity index (χ1n) is 8.35. The minimum absolute atomic E-state index is 0.497. The van der Waals surface area contributed by atoms with Crippen LogP contribution in [-0.4, -0.2) is 21.9 Å². The Bertz CT molecular complexity index is 966. The summed E-state index contributed by atoms with van der Waals surface area (Å²) >= 11 is 13.2. The fourth-order valence-electron chi connectivity index (χ4n) is 2.96. The maximum Gasteiger partial charge on any atom is 0.246 e. The number of halogens is 2. The molecule has 134 valence electrons. The van der Waals surface area contributed by atoms with Crippen molar-refractivity contribution < 1.29 is 4.74 Å². The Balaban J connectivity index is 1.79. The van der Waals surface area contributed by atoms with Crippen molar-refractivity contribution in [2.45, 2.75) is 18.8 Å². The Morgan fingerprint density at radius 1 is 1.19 bits per heavy atom. The van der Waals surface area contributed by atoms with E-state index < -0.39 is 0 Å². The minimum Gasteiger partial charge on any atom is -0.497 e. The summed E-state index contributed by atoms with van der Waals surface area (Å²) in [4.78, 5) is 4.22. The number of hydrogen-bond acceptors (Lipinski definition) is 4. The van der Waals surface area contributed by atoms with Gasteiger partial charge in [0.25, 0.3) is 0 Å². The zero-order valence-electron chi connectivity index (χ0n) is 14.5. The molecule has 1 N–H and O–H groups in total. The first-order chi connectivity index (χ1) is 12.5. The van der Waals surface area contributed by atoms with Crippen molar-refractivity contribution in [2.75, 3.05) is 12.4 Å². The van der Waals surface area contributed by atoms with Crippen LogP contribution in [0.15, 0.2) is 36.7 Å². The number of aromatic nitrogens is 3. The van der Waals surface area contributed by atoms with Gasteiger partial charge in [-0.15, -0.1) is 5.10 Å². The summed E-state index contributed by atoms with van der Waals surface area (Å²) in [5.74, 6) is 1.73. The van der Waals surface area contributed by atoms with Gasteiger partial charge in [0.2, 0.25) is 5.95 Å². The lowest BCUT2D eigenvalue weighted by molar-refractivity contribution is 0.415. The highest BCUT2D eigenvalue weighted by molar-refractivity contribution is 6.35. The topological polar surface area (TPSA) is 52.0 Å². The van der Waals surface area contributed by atoms with E-state index in [1.165, 1.54) is 0 Å². The second-order valence-electron chi connectivity index (χ2n) is 6.41. The van der Waals surface area contributed by atoms with Gasteiger partial charge in [-0.25, -0.2) is 4.98 Å². The molecule has 1 aromatic heterocycles. The molecule has 1 aliphatic rings. The van der Waals surface area contributed by atoms with Gasteiger partial charge in [0, 0.05) is 12.6 Å². The van der Waals surface area contributed by atoms with E-state index in [1.54, 1.807) is 18.1 Å². The number of ether oxygens (including phenoxy) is 1. The minimum atomic E-state index is 0.497. The number of benzene rings is 2. The van der Waals surface area contributed by atoms with Crippen LogP contribution in [0.2, 0.25) is 10.0 Å². The molecule has 26 heavy (non-hydrogen) atoms. The summed E-state index contributed by atoms with van der Waals surface area (Å²) in [6.45, 7) is 0. The third kappa shape index (κ3) is 3.37. The van der Waals surface area contributed by atoms with E-state index in [0.29, 0.717) is 21.9 Å². The van der Waals surface area contributed by atoms with Crippen LogP contribution in [0.3, 0.4) is 0 Å². The molecule has 2 aromatic carbocycles. The van der Waals surface area contributed by atoms with E-state index in [2.05, 4.69) is 21.5 Å². The molecule has 0 atom stereocenters. The van der Waals surface area contributed by atoms with E-state index in [-0.39, 0.29) is 0 Å². The molecule has 1 aliphatic carbocycles. The third-order valence-electron chi connectivity index (χ3n) is 4.45. The van der Waals surface area contributed by atoms with Crippen LogP contribution in [0, 0.1) is 0 Å². The number of nitrogens with one attached hydrogen (secondary N) is 1. The van der Waals surface area contributed by atoms with Crippen LogP contribution < -0.4 is 10.1 Å². The summed E-state index contributed by atoms with van der Waals surface area (Å²) in [6.07, 6.45) is 3.95. The molecule has 1 heterocycles. The second kappa shape index (κ2) is 6.82. The van der Waals surface area contributed by atoms with E-state index in [1.807, 2.05) is 31.3 Å².